The fourth-order valence-corrected chi connectivity index (χ4v) is 2.69. The maximum absolute atomic E-state index is 11.9. The Morgan fingerprint density at radius 1 is 1.47 bits per heavy atom. The highest BCUT2D eigenvalue weighted by Gasteiger charge is 2.17. The van der Waals surface area contributed by atoms with Crippen molar-refractivity contribution in [3.63, 3.8) is 0 Å². The summed E-state index contributed by atoms with van der Waals surface area (Å²) in [7, 11) is 0. The lowest BCUT2D eigenvalue weighted by molar-refractivity contribution is -0.123. The zero-order chi connectivity index (χ0) is 14.4. The second-order valence-electron chi connectivity index (χ2n) is 4.28. The second kappa shape index (κ2) is 8.00. The number of carbonyl (C=O) groups excluding carboxylic acids is 1. The van der Waals surface area contributed by atoms with Crippen molar-refractivity contribution in [3.8, 4) is 0 Å². The van der Waals surface area contributed by atoms with Crippen molar-refractivity contribution >= 4 is 40.9 Å². The van der Waals surface area contributed by atoms with E-state index >= 15 is 0 Å². The van der Waals surface area contributed by atoms with Gasteiger partial charge in [0, 0.05) is 10.0 Å². The molecule has 0 heterocycles. The van der Waals surface area contributed by atoms with Crippen molar-refractivity contribution in [3.05, 3.63) is 33.8 Å². The lowest BCUT2D eigenvalue weighted by Crippen LogP contribution is -2.42. The van der Waals surface area contributed by atoms with E-state index in [4.69, 9.17) is 28.9 Å². The number of carbonyl (C=O) groups is 1. The van der Waals surface area contributed by atoms with Gasteiger partial charge in [-0.1, -0.05) is 29.3 Å². The summed E-state index contributed by atoms with van der Waals surface area (Å²) in [6.07, 6.45) is 2.65. The highest BCUT2D eigenvalue weighted by Crippen LogP contribution is 2.26. The van der Waals surface area contributed by atoms with Gasteiger partial charge in [0.05, 0.1) is 12.1 Å². The van der Waals surface area contributed by atoms with Crippen molar-refractivity contribution in [2.75, 3.05) is 12.0 Å². The third-order valence-electron chi connectivity index (χ3n) is 2.76. The Bertz CT molecular complexity index is 443. The van der Waals surface area contributed by atoms with Crippen molar-refractivity contribution in [1.29, 1.82) is 0 Å². The first-order valence-electron chi connectivity index (χ1n) is 5.95. The van der Waals surface area contributed by atoms with Crippen LogP contribution in [0.4, 0.5) is 0 Å². The summed E-state index contributed by atoms with van der Waals surface area (Å²) in [5.41, 5.74) is 6.64. The van der Waals surface area contributed by atoms with Crippen LogP contribution in [0.2, 0.25) is 10.0 Å². The fraction of sp³-hybridized carbons (Fsp3) is 0.462. The van der Waals surface area contributed by atoms with Crippen molar-refractivity contribution in [2.24, 2.45) is 5.73 Å². The molecule has 0 saturated carbocycles. The first-order valence-corrected chi connectivity index (χ1v) is 8.10. The van der Waals surface area contributed by atoms with Crippen LogP contribution in [-0.2, 0) is 4.79 Å². The van der Waals surface area contributed by atoms with Gasteiger partial charge in [-0.25, -0.2) is 0 Å². The van der Waals surface area contributed by atoms with E-state index in [9.17, 15) is 4.79 Å². The Hall–Kier alpha value is -0.420. The number of benzene rings is 1. The van der Waals surface area contributed by atoms with E-state index in [1.165, 1.54) is 0 Å². The lowest BCUT2D eigenvalue weighted by Gasteiger charge is -2.18. The van der Waals surface area contributed by atoms with Crippen LogP contribution in [0.3, 0.4) is 0 Å². The maximum Gasteiger partial charge on any atom is 0.237 e. The molecule has 0 aliphatic rings. The molecule has 1 amide bonds. The Labute approximate surface area is 128 Å². The summed E-state index contributed by atoms with van der Waals surface area (Å²) < 4.78 is 0. The molecule has 3 nitrogen and oxygen atoms in total. The van der Waals surface area contributed by atoms with Gasteiger partial charge < -0.3 is 11.1 Å². The van der Waals surface area contributed by atoms with E-state index in [0.29, 0.717) is 16.5 Å². The molecular formula is C13H18Cl2N2OS. The number of nitrogens with one attached hydrogen (secondary N) is 1. The average molecular weight is 321 g/mol. The Morgan fingerprint density at radius 3 is 2.74 bits per heavy atom. The number of hydrogen-bond acceptors (Lipinski definition) is 3. The molecule has 0 spiro atoms. The van der Waals surface area contributed by atoms with E-state index < -0.39 is 6.04 Å². The number of thioether (sulfide) groups is 1. The molecule has 0 bridgehead atoms. The topological polar surface area (TPSA) is 55.1 Å². The lowest BCUT2D eigenvalue weighted by atomic mass is 10.1. The van der Waals surface area contributed by atoms with Crippen molar-refractivity contribution in [2.45, 2.75) is 25.4 Å². The smallest absolute Gasteiger partial charge is 0.237 e. The highest BCUT2D eigenvalue weighted by molar-refractivity contribution is 7.98. The Kier molecular flexibility index (Phi) is 7.00. The molecule has 0 aliphatic heterocycles. The van der Waals surface area contributed by atoms with Crippen LogP contribution < -0.4 is 11.1 Å². The minimum atomic E-state index is -0.485. The fourth-order valence-electron chi connectivity index (χ4n) is 1.63. The van der Waals surface area contributed by atoms with Crippen LogP contribution in [-0.4, -0.2) is 24.0 Å². The molecule has 19 heavy (non-hydrogen) atoms. The predicted molar refractivity (Wildman–Crippen MR) is 84.0 cm³/mol. The molecule has 1 rings (SSSR count). The van der Waals surface area contributed by atoms with Crippen molar-refractivity contribution < 1.29 is 4.79 Å². The Balaban J connectivity index is 2.63. The van der Waals surface area contributed by atoms with E-state index in [1.54, 1.807) is 23.9 Å². The number of amides is 1. The summed E-state index contributed by atoms with van der Waals surface area (Å²) in [5.74, 6) is 0.706. The molecule has 0 radical (unpaired) electrons. The third-order valence-corrected chi connectivity index (χ3v) is 3.96. The molecule has 0 saturated heterocycles. The summed E-state index contributed by atoms with van der Waals surface area (Å²) in [4.78, 5) is 11.9. The molecule has 0 aliphatic carbocycles. The molecule has 2 atom stereocenters. The van der Waals surface area contributed by atoms with Crippen LogP contribution in [0, 0.1) is 0 Å². The minimum Gasteiger partial charge on any atom is -0.348 e. The average Bonchev–Trinajstić information content (AvgIpc) is 2.35. The summed E-state index contributed by atoms with van der Waals surface area (Å²) >= 11 is 13.6. The second-order valence-corrected chi connectivity index (χ2v) is 6.11. The van der Waals surface area contributed by atoms with Crippen molar-refractivity contribution in [1.82, 2.24) is 5.32 Å². The molecule has 0 aromatic heterocycles. The number of rotatable bonds is 6. The van der Waals surface area contributed by atoms with Gasteiger partial charge in [-0.2, -0.15) is 11.8 Å². The molecule has 1 unspecified atom stereocenters. The molecule has 3 N–H and O–H groups in total. The number of halogens is 2. The monoisotopic (exact) mass is 320 g/mol. The van der Waals surface area contributed by atoms with Gasteiger partial charge in [-0.15, -0.1) is 0 Å². The number of nitrogens with two attached hydrogens (primary N) is 1. The summed E-state index contributed by atoms with van der Waals surface area (Å²) in [5, 5.41) is 3.98. The number of hydrogen-bond donors (Lipinski definition) is 2. The van der Waals surface area contributed by atoms with Crippen LogP contribution in [0.15, 0.2) is 18.2 Å². The minimum absolute atomic E-state index is 0.160. The zero-order valence-corrected chi connectivity index (χ0v) is 13.3. The first kappa shape index (κ1) is 16.6. The van der Waals surface area contributed by atoms with Crippen LogP contribution >= 0.6 is 35.0 Å². The molecule has 1 aromatic rings. The molecule has 1 aromatic carbocycles. The molecule has 106 valence electrons. The quantitative estimate of drug-likeness (QED) is 0.846. The van der Waals surface area contributed by atoms with E-state index in [0.717, 1.165) is 11.3 Å². The van der Waals surface area contributed by atoms with E-state index in [-0.39, 0.29) is 11.9 Å². The van der Waals surface area contributed by atoms with Gasteiger partial charge in [0.25, 0.3) is 0 Å². The van der Waals surface area contributed by atoms with Gasteiger partial charge in [-0.05, 0) is 43.0 Å². The summed E-state index contributed by atoms with van der Waals surface area (Å²) in [6.45, 7) is 1.87. The van der Waals surface area contributed by atoms with Crippen LogP contribution in [0.1, 0.15) is 24.9 Å². The zero-order valence-electron chi connectivity index (χ0n) is 11.0. The Morgan fingerprint density at radius 2 is 2.16 bits per heavy atom. The maximum atomic E-state index is 11.9. The standard InChI is InChI=1S/C13H18Cl2N2OS/c1-8(10-4-3-9(14)7-11(10)15)17-13(18)12(16)5-6-19-2/h3-4,7-8,12H,5-6,16H2,1-2H3,(H,17,18)/t8?,12-/m1/s1. The van der Waals surface area contributed by atoms with Gasteiger partial charge in [-0.3, -0.25) is 4.79 Å². The third kappa shape index (κ3) is 5.22. The van der Waals surface area contributed by atoms with Gasteiger partial charge in [0.1, 0.15) is 0 Å². The van der Waals surface area contributed by atoms with Gasteiger partial charge >= 0.3 is 0 Å². The SMILES string of the molecule is CSCC[C@@H](N)C(=O)NC(C)c1ccc(Cl)cc1Cl. The first-order chi connectivity index (χ1) is 8.95. The molecule has 6 heteroatoms. The highest BCUT2D eigenvalue weighted by atomic mass is 35.5. The van der Waals surface area contributed by atoms with Crippen LogP contribution in [0.25, 0.3) is 0 Å². The van der Waals surface area contributed by atoms with E-state index in [1.807, 2.05) is 19.2 Å². The normalized spacial score (nSPS) is 13.9. The largest absolute Gasteiger partial charge is 0.348 e. The summed E-state index contributed by atoms with van der Waals surface area (Å²) in [6, 6.07) is 4.54. The van der Waals surface area contributed by atoms with Crippen LogP contribution in [0.5, 0.6) is 0 Å². The van der Waals surface area contributed by atoms with Gasteiger partial charge in [0.15, 0.2) is 0 Å². The van der Waals surface area contributed by atoms with E-state index in [2.05, 4.69) is 5.32 Å². The van der Waals surface area contributed by atoms with Gasteiger partial charge in [0.2, 0.25) is 5.91 Å². The predicted octanol–water partition coefficient (Wildman–Crippen LogP) is 3.25. The molecular weight excluding hydrogens is 303 g/mol. The molecule has 0 fully saturated rings.